The lowest BCUT2D eigenvalue weighted by Gasteiger charge is -2.40. The van der Waals surface area contributed by atoms with Gasteiger partial charge in [-0.15, -0.1) is 0 Å². The first kappa shape index (κ1) is 20.0. The average molecular weight is 367 g/mol. The lowest BCUT2D eigenvalue weighted by Crippen LogP contribution is -2.60. The highest BCUT2D eigenvalue weighted by atomic mass is 19.1. The highest BCUT2D eigenvalue weighted by Crippen LogP contribution is 2.26. The zero-order chi connectivity index (χ0) is 19.4. The summed E-state index contributed by atoms with van der Waals surface area (Å²) < 4.78 is 26.1. The maximum Gasteiger partial charge on any atom is 0.248 e. The second kappa shape index (κ2) is 8.37. The van der Waals surface area contributed by atoms with Crippen LogP contribution in [-0.2, 0) is 9.59 Å². The molecular weight excluding hydrogens is 344 g/mol. The lowest BCUT2D eigenvalue weighted by molar-refractivity contribution is -0.124. The monoisotopic (exact) mass is 367 g/mol. The van der Waals surface area contributed by atoms with Gasteiger partial charge >= 0.3 is 0 Å². The summed E-state index contributed by atoms with van der Waals surface area (Å²) in [7, 11) is 0. The van der Waals surface area contributed by atoms with Crippen molar-refractivity contribution in [2.45, 2.75) is 44.5 Å². The number of fused-ring (bicyclic) bond motifs is 1. The molecule has 2 amide bonds. The van der Waals surface area contributed by atoms with E-state index in [0.717, 1.165) is 0 Å². The molecule has 142 valence electrons. The van der Waals surface area contributed by atoms with E-state index in [9.17, 15) is 23.5 Å². The highest BCUT2D eigenvalue weighted by molar-refractivity contribution is 6.00. The van der Waals surface area contributed by atoms with E-state index in [2.05, 4.69) is 29.1 Å². The summed E-state index contributed by atoms with van der Waals surface area (Å²) in [5.74, 6) is -2.67. The maximum absolute atomic E-state index is 13.5. The van der Waals surface area contributed by atoms with Crippen LogP contribution in [0.4, 0.5) is 8.78 Å². The average Bonchev–Trinajstić information content (AvgIpc) is 2.56. The van der Waals surface area contributed by atoms with Crippen LogP contribution in [0.1, 0.15) is 26.2 Å². The Morgan fingerprint density at radius 3 is 2.73 bits per heavy atom. The molecule has 0 bridgehead atoms. The third kappa shape index (κ3) is 4.86. The van der Waals surface area contributed by atoms with Gasteiger partial charge in [0.2, 0.25) is 11.8 Å². The van der Waals surface area contributed by atoms with E-state index in [1.54, 1.807) is 6.92 Å². The third-order valence-corrected chi connectivity index (χ3v) is 4.52. The van der Waals surface area contributed by atoms with E-state index >= 15 is 0 Å². The van der Waals surface area contributed by atoms with Crippen molar-refractivity contribution in [2.24, 2.45) is 0 Å². The standard InChI is InChI=1S/C18H23F2N3O3/c1-9(13(20)6-10(2)19)8-21-16(25)7-12-11(3)17-14(22-18(12)26)4-5-15(24)23-17/h6,14-15,17,23-24H,1-2,4-5,7-8H2,3H3,(H,21,25)(H,22,26)/b13-6+. The number of aliphatic hydroxyl groups is 1. The van der Waals surface area contributed by atoms with E-state index in [-0.39, 0.29) is 36.5 Å². The first-order valence-electron chi connectivity index (χ1n) is 8.30. The third-order valence-electron chi connectivity index (χ3n) is 4.52. The molecule has 3 atom stereocenters. The summed E-state index contributed by atoms with van der Waals surface area (Å²) >= 11 is 0. The summed E-state index contributed by atoms with van der Waals surface area (Å²) in [5, 5.41) is 18.1. The van der Waals surface area contributed by atoms with Crippen molar-refractivity contribution in [1.29, 1.82) is 0 Å². The lowest BCUT2D eigenvalue weighted by atomic mass is 9.85. The molecule has 0 aromatic carbocycles. The number of carbonyl (C=O) groups is 2. The number of rotatable bonds is 6. The first-order chi connectivity index (χ1) is 12.2. The van der Waals surface area contributed by atoms with Crippen molar-refractivity contribution in [2.75, 3.05) is 6.54 Å². The number of aliphatic hydroxyl groups excluding tert-OH is 1. The molecule has 6 nitrogen and oxygen atoms in total. The second-order valence-corrected chi connectivity index (χ2v) is 6.48. The largest absolute Gasteiger partial charge is 0.379 e. The van der Waals surface area contributed by atoms with Crippen LogP contribution in [0.2, 0.25) is 0 Å². The predicted molar refractivity (Wildman–Crippen MR) is 93.0 cm³/mol. The Labute approximate surface area is 150 Å². The van der Waals surface area contributed by atoms with Gasteiger partial charge in [0.1, 0.15) is 17.9 Å². The van der Waals surface area contributed by atoms with E-state index in [4.69, 9.17) is 0 Å². The molecule has 2 rings (SSSR count). The van der Waals surface area contributed by atoms with Crippen LogP contribution in [0.15, 0.2) is 47.6 Å². The fourth-order valence-electron chi connectivity index (χ4n) is 3.09. The van der Waals surface area contributed by atoms with Crippen LogP contribution in [0, 0.1) is 0 Å². The Morgan fingerprint density at radius 1 is 1.38 bits per heavy atom. The van der Waals surface area contributed by atoms with Gasteiger partial charge in [-0.05, 0) is 30.9 Å². The normalized spacial score (nSPS) is 26.1. The molecule has 0 spiro atoms. The van der Waals surface area contributed by atoms with E-state index in [0.29, 0.717) is 30.1 Å². The molecule has 8 heteroatoms. The Bertz CT molecular complexity index is 700. The molecule has 2 aliphatic rings. The molecule has 0 saturated carbocycles. The van der Waals surface area contributed by atoms with Gasteiger partial charge in [-0.3, -0.25) is 14.9 Å². The van der Waals surface area contributed by atoms with Gasteiger partial charge in [0.05, 0.1) is 12.5 Å². The van der Waals surface area contributed by atoms with Gasteiger partial charge in [0, 0.05) is 24.2 Å². The van der Waals surface area contributed by atoms with Crippen molar-refractivity contribution in [3.05, 3.63) is 47.6 Å². The Hall–Kier alpha value is -2.32. The molecule has 1 fully saturated rings. The molecule has 0 aromatic rings. The molecule has 4 N–H and O–H groups in total. The number of halogens is 2. The van der Waals surface area contributed by atoms with Crippen LogP contribution in [0.5, 0.6) is 0 Å². The van der Waals surface area contributed by atoms with Crippen LogP contribution in [-0.4, -0.2) is 41.8 Å². The smallest absolute Gasteiger partial charge is 0.248 e. The number of amides is 2. The summed E-state index contributed by atoms with van der Waals surface area (Å²) in [6.07, 6.45) is 0.923. The van der Waals surface area contributed by atoms with Crippen LogP contribution in [0.3, 0.4) is 0 Å². The van der Waals surface area contributed by atoms with Crippen LogP contribution < -0.4 is 16.0 Å². The summed E-state index contributed by atoms with van der Waals surface area (Å²) in [4.78, 5) is 24.4. The number of hydrogen-bond acceptors (Lipinski definition) is 4. The molecule has 26 heavy (non-hydrogen) atoms. The van der Waals surface area contributed by atoms with Crippen molar-refractivity contribution in [1.82, 2.24) is 16.0 Å². The van der Waals surface area contributed by atoms with Crippen LogP contribution in [0.25, 0.3) is 0 Å². The van der Waals surface area contributed by atoms with Gasteiger partial charge in [-0.25, -0.2) is 8.78 Å². The molecule has 2 aliphatic heterocycles. The number of carbonyl (C=O) groups excluding carboxylic acids is 2. The van der Waals surface area contributed by atoms with Crippen molar-refractivity contribution in [3.8, 4) is 0 Å². The maximum atomic E-state index is 13.5. The zero-order valence-corrected chi connectivity index (χ0v) is 14.6. The van der Waals surface area contributed by atoms with Crippen molar-refractivity contribution in [3.63, 3.8) is 0 Å². The topological polar surface area (TPSA) is 90.5 Å². The zero-order valence-electron chi connectivity index (χ0n) is 14.6. The Morgan fingerprint density at radius 2 is 2.08 bits per heavy atom. The van der Waals surface area contributed by atoms with Crippen LogP contribution >= 0.6 is 0 Å². The molecule has 1 saturated heterocycles. The van der Waals surface area contributed by atoms with E-state index < -0.39 is 23.8 Å². The number of hydrogen-bond donors (Lipinski definition) is 4. The number of allylic oxidation sites excluding steroid dienone is 2. The minimum Gasteiger partial charge on any atom is -0.379 e. The summed E-state index contributed by atoms with van der Waals surface area (Å²) in [5.41, 5.74) is 0.906. The van der Waals surface area contributed by atoms with Crippen molar-refractivity contribution >= 4 is 11.8 Å². The van der Waals surface area contributed by atoms with Crippen molar-refractivity contribution < 1.29 is 23.5 Å². The first-order valence-corrected chi connectivity index (χ1v) is 8.30. The van der Waals surface area contributed by atoms with Gasteiger partial charge in [-0.1, -0.05) is 13.2 Å². The van der Waals surface area contributed by atoms with Gasteiger partial charge in [-0.2, -0.15) is 0 Å². The number of piperidine rings is 1. The van der Waals surface area contributed by atoms with Gasteiger partial charge in [0.25, 0.3) is 0 Å². The number of nitrogens with one attached hydrogen (secondary N) is 3. The molecule has 0 aliphatic carbocycles. The molecule has 0 radical (unpaired) electrons. The fourth-order valence-corrected chi connectivity index (χ4v) is 3.09. The summed E-state index contributed by atoms with van der Waals surface area (Å²) in [6.45, 7) is 7.87. The molecular formula is C18H23F2N3O3. The Balaban J connectivity index is 1.99. The van der Waals surface area contributed by atoms with E-state index in [1.165, 1.54) is 0 Å². The molecule has 0 aromatic heterocycles. The second-order valence-electron chi connectivity index (χ2n) is 6.48. The van der Waals surface area contributed by atoms with Gasteiger partial charge < -0.3 is 15.7 Å². The quantitative estimate of drug-likeness (QED) is 0.532. The SMILES string of the molecule is C=C(F)/C=C(/F)C(=C)CNC(=O)CC1=C(C)C2NC(O)CCC2NC1=O. The minimum absolute atomic E-state index is 0.104. The van der Waals surface area contributed by atoms with Gasteiger partial charge in [0.15, 0.2) is 0 Å². The molecule has 2 heterocycles. The fraction of sp³-hybridized carbons (Fsp3) is 0.444. The predicted octanol–water partition coefficient (Wildman–Crippen LogP) is 1.27. The molecule has 3 unspecified atom stereocenters. The minimum atomic E-state index is -0.952. The Kier molecular flexibility index (Phi) is 6.44. The highest BCUT2D eigenvalue weighted by Gasteiger charge is 2.37. The van der Waals surface area contributed by atoms with E-state index in [1.807, 2.05) is 0 Å². The summed E-state index contributed by atoms with van der Waals surface area (Å²) in [6, 6.07) is -0.351.